The van der Waals surface area contributed by atoms with Crippen LogP contribution in [0.25, 0.3) is 21.5 Å². The minimum absolute atomic E-state index is 0.216. The summed E-state index contributed by atoms with van der Waals surface area (Å²) in [7, 11) is 0. The molecule has 1 aliphatic rings. The van der Waals surface area contributed by atoms with Gasteiger partial charge in [-0.1, -0.05) is 42.5 Å². The SMILES string of the molecule is O=c1[nH]c([C@H]2COc3ccccc3O2)nc2c(-c3ccccc3)nsc12. The third-order valence-electron chi connectivity index (χ3n) is 4.21. The van der Waals surface area contributed by atoms with Gasteiger partial charge in [0.1, 0.15) is 22.5 Å². The van der Waals surface area contributed by atoms with Crippen LogP contribution < -0.4 is 15.0 Å². The van der Waals surface area contributed by atoms with Crippen LogP contribution >= 0.6 is 11.5 Å². The molecule has 0 amide bonds. The second-order valence-corrected chi connectivity index (χ2v) is 6.66. The topological polar surface area (TPSA) is 77.1 Å². The number of fused-ring (bicyclic) bond motifs is 2. The Bertz CT molecular complexity index is 1150. The quantitative estimate of drug-likeness (QED) is 0.589. The Labute approximate surface area is 152 Å². The van der Waals surface area contributed by atoms with E-state index >= 15 is 0 Å². The van der Waals surface area contributed by atoms with Crippen molar-refractivity contribution in [2.24, 2.45) is 0 Å². The highest BCUT2D eigenvalue weighted by Crippen LogP contribution is 2.35. The number of H-pyrrole nitrogens is 1. The summed E-state index contributed by atoms with van der Waals surface area (Å²) < 4.78 is 16.6. The molecule has 1 N–H and O–H groups in total. The Kier molecular flexibility index (Phi) is 3.46. The lowest BCUT2D eigenvalue weighted by Crippen LogP contribution is -2.25. The second-order valence-electron chi connectivity index (χ2n) is 5.89. The monoisotopic (exact) mass is 363 g/mol. The Balaban J connectivity index is 1.61. The highest BCUT2D eigenvalue weighted by Gasteiger charge is 2.26. The van der Waals surface area contributed by atoms with E-state index < -0.39 is 6.10 Å². The van der Waals surface area contributed by atoms with Crippen molar-refractivity contribution in [2.75, 3.05) is 6.61 Å². The number of hydrogen-bond acceptors (Lipinski definition) is 6. The van der Waals surface area contributed by atoms with Gasteiger partial charge in [-0.05, 0) is 23.7 Å². The number of rotatable bonds is 2. The lowest BCUT2D eigenvalue weighted by atomic mass is 10.1. The van der Waals surface area contributed by atoms with Crippen LogP contribution in [0.5, 0.6) is 11.5 Å². The summed E-state index contributed by atoms with van der Waals surface area (Å²) in [5.74, 6) is 1.77. The minimum Gasteiger partial charge on any atom is -0.485 e. The fourth-order valence-electron chi connectivity index (χ4n) is 2.95. The molecule has 0 spiro atoms. The normalized spacial score (nSPS) is 15.9. The van der Waals surface area contributed by atoms with Gasteiger partial charge in [-0.15, -0.1) is 0 Å². The van der Waals surface area contributed by atoms with Crippen LogP contribution in [0.4, 0.5) is 0 Å². The van der Waals surface area contributed by atoms with Gasteiger partial charge >= 0.3 is 0 Å². The van der Waals surface area contributed by atoms with Crippen LogP contribution in [-0.4, -0.2) is 20.9 Å². The number of hydrogen-bond donors (Lipinski definition) is 1. The summed E-state index contributed by atoms with van der Waals surface area (Å²) in [4.78, 5) is 20.0. The standard InChI is InChI=1S/C19H13N3O3S/c23-19-17-16(15(22-26-17)11-6-2-1-3-7-11)20-18(21-19)14-10-24-12-8-4-5-9-13(12)25-14/h1-9,14H,10H2,(H,20,21,23)/t14-/m1/s1. The van der Waals surface area contributed by atoms with Crippen molar-refractivity contribution >= 4 is 21.7 Å². The van der Waals surface area contributed by atoms with Crippen LogP contribution in [0.2, 0.25) is 0 Å². The average Bonchev–Trinajstić information content (AvgIpc) is 3.13. The molecule has 7 heteroatoms. The largest absolute Gasteiger partial charge is 0.485 e. The van der Waals surface area contributed by atoms with E-state index in [0.29, 0.717) is 33.2 Å². The summed E-state index contributed by atoms with van der Waals surface area (Å²) in [6.07, 6.45) is -0.481. The molecule has 1 atom stereocenters. The Morgan fingerprint density at radius 3 is 2.65 bits per heavy atom. The minimum atomic E-state index is -0.481. The number of ether oxygens (including phenoxy) is 2. The molecule has 5 rings (SSSR count). The molecule has 6 nitrogen and oxygen atoms in total. The van der Waals surface area contributed by atoms with Gasteiger partial charge in [0.15, 0.2) is 23.4 Å². The summed E-state index contributed by atoms with van der Waals surface area (Å²) >= 11 is 1.15. The average molecular weight is 363 g/mol. The molecule has 0 unspecified atom stereocenters. The molecule has 2 aromatic carbocycles. The Morgan fingerprint density at radius 2 is 1.81 bits per heavy atom. The fourth-order valence-corrected chi connectivity index (χ4v) is 3.69. The van der Waals surface area contributed by atoms with Gasteiger partial charge in [-0.3, -0.25) is 4.79 Å². The van der Waals surface area contributed by atoms with Crippen molar-refractivity contribution in [3.8, 4) is 22.8 Å². The Hall–Kier alpha value is -3.19. The molecule has 0 radical (unpaired) electrons. The molecule has 1 aliphatic heterocycles. The maximum absolute atomic E-state index is 12.5. The second kappa shape index (κ2) is 5.96. The van der Waals surface area contributed by atoms with Crippen molar-refractivity contribution in [2.45, 2.75) is 6.10 Å². The predicted octanol–water partition coefficient (Wildman–Crippen LogP) is 3.56. The van der Waals surface area contributed by atoms with Crippen LogP contribution in [0.1, 0.15) is 11.9 Å². The highest BCUT2D eigenvalue weighted by atomic mass is 32.1. The van der Waals surface area contributed by atoms with E-state index in [1.807, 2.05) is 54.6 Å². The third-order valence-corrected chi connectivity index (χ3v) is 5.04. The molecular weight excluding hydrogens is 350 g/mol. The summed E-state index contributed by atoms with van der Waals surface area (Å²) in [6.45, 7) is 0.281. The maximum Gasteiger partial charge on any atom is 0.270 e. The van der Waals surface area contributed by atoms with Crippen molar-refractivity contribution in [1.82, 2.24) is 14.3 Å². The molecule has 0 saturated heterocycles. The van der Waals surface area contributed by atoms with E-state index in [0.717, 1.165) is 17.1 Å². The van der Waals surface area contributed by atoms with E-state index in [1.54, 1.807) is 0 Å². The molecule has 26 heavy (non-hydrogen) atoms. The molecule has 0 aliphatic carbocycles. The first kappa shape index (κ1) is 15.1. The van der Waals surface area contributed by atoms with Gasteiger partial charge < -0.3 is 14.5 Å². The van der Waals surface area contributed by atoms with Crippen LogP contribution in [-0.2, 0) is 0 Å². The number of aromatic nitrogens is 3. The molecule has 0 saturated carbocycles. The van der Waals surface area contributed by atoms with Crippen LogP contribution in [0, 0.1) is 0 Å². The fraction of sp³-hybridized carbons (Fsp3) is 0.105. The molecular formula is C19H13N3O3S. The van der Waals surface area contributed by atoms with Crippen molar-refractivity contribution in [3.05, 3.63) is 70.8 Å². The van der Waals surface area contributed by atoms with Gasteiger partial charge in [-0.2, -0.15) is 4.37 Å². The number of benzene rings is 2. The number of nitrogens with zero attached hydrogens (tertiary/aromatic N) is 2. The third kappa shape index (κ3) is 2.44. The van der Waals surface area contributed by atoms with E-state index in [9.17, 15) is 4.79 Å². The van der Waals surface area contributed by atoms with Crippen molar-refractivity contribution < 1.29 is 9.47 Å². The van der Waals surface area contributed by atoms with E-state index in [-0.39, 0.29) is 12.2 Å². The van der Waals surface area contributed by atoms with Gasteiger partial charge in [-0.25, -0.2) is 4.98 Å². The van der Waals surface area contributed by atoms with Crippen LogP contribution in [0.3, 0.4) is 0 Å². The molecule has 4 aromatic rings. The number of aromatic amines is 1. The van der Waals surface area contributed by atoms with E-state index in [1.165, 1.54) is 0 Å². The summed E-state index contributed by atoms with van der Waals surface area (Å²) in [5.41, 5.74) is 2.00. The Morgan fingerprint density at radius 1 is 1.04 bits per heavy atom. The van der Waals surface area contributed by atoms with Gasteiger partial charge in [0.2, 0.25) is 0 Å². The first-order valence-electron chi connectivity index (χ1n) is 8.13. The zero-order chi connectivity index (χ0) is 17.5. The summed E-state index contributed by atoms with van der Waals surface area (Å²) in [5, 5.41) is 0. The first-order chi connectivity index (χ1) is 12.8. The highest BCUT2D eigenvalue weighted by molar-refractivity contribution is 7.13. The summed E-state index contributed by atoms with van der Waals surface area (Å²) in [6, 6.07) is 17.2. The zero-order valence-corrected chi connectivity index (χ0v) is 14.3. The number of nitrogens with one attached hydrogen (secondary N) is 1. The molecule has 0 fully saturated rings. The van der Waals surface area contributed by atoms with Crippen LogP contribution in [0.15, 0.2) is 59.4 Å². The predicted molar refractivity (Wildman–Crippen MR) is 98.8 cm³/mol. The smallest absolute Gasteiger partial charge is 0.270 e. The van der Waals surface area contributed by atoms with Crippen molar-refractivity contribution in [1.29, 1.82) is 0 Å². The molecule has 0 bridgehead atoms. The lowest BCUT2D eigenvalue weighted by Gasteiger charge is -2.25. The first-order valence-corrected chi connectivity index (χ1v) is 8.90. The van der Waals surface area contributed by atoms with Gasteiger partial charge in [0.25, 0.3) is 5.56 Å². The zero-order valence-electron chi connectivity index (χ0n) is 13.5. The van der Waals surface area contributed by atoms with E-state index in [2.05, 4.69) is 14.3 Å². The van der Waals surface area contributed by atoms with E-state index in [4.69, 9.17) is 9.47 Å². The number of para-hydroxylation sites is 2. The maximum atomic E-state index is 12.5. The lowest BCUT2D eigenvalue weighted by molar-refractivity contribution is 0.0852. The molecule has 2 aromatic heterocycles. The molecule has 128 valence electrons. The van der Waals surface area contributed by atoms with Crippen molar-refractivity contribution in [3.63, 3.8) is 0 Å². The molecule has 3 heterocycles. The van der Waals surface area contributed by atoms with Gasteiger partial charge in [0, 0.05) is 5.56 Å². The van der Waals surface area contributed by atoms with Gasteiger partial charge in [0.05, 0.1) is 0 Å².